The molecular weight excluding hydrogens is 200 g/mol. The van der Waals surface area contributed by atoms with Crippen LogP contribution in [0.1, 0.15) is 30.7 Å². The molecule has 90 valence electrons. The fraction of sp³-hybridized carbons (Fsp3) is 0.692. The normalized spacial score (nSPS) is 26.4. The third kappa shape index (κ3) is 2.02. The Morgan fingerprint density at radius 2 is 2.38 bits per heavy atom. The predicted molar refractivity (Wildman–Crippen MR) is 65.5 cm³/mol. The third-order valence-corrected chi connectivity index (χ3v) is 3.67. The Labute approximate surface area is 97.8 Å². The summed E-state index contributed by atoms with van der Waals surface area (Å²) in [6.45, 7) is 7.73. The van der Waals surface area contributed by atoms with E-state index in [9.17, 15) is 0 Å². The highest BCUT2D eigenvalue weighted by atomic mass is 16.3. The van der Waals surface area contributed by atoms with Crippen molar-refractivity contribution in [1.82, 2.24) is 10.2 Å². The molecule has 2 atom stereocenters. The molecule has 1 aliphatic rings. The zero-order chi connectivity index (χ0) is 11.5. The molecule has 0 bridgehead atoms. The zero-order valence-electron chi connectivity index (χ0n) is 10.5. The maximum Gasteiger partial charge on any atom is 0.124 e. The monoisotopic (exact) mass is 222 g/mol. The van der Waals surface area contributed by atoms with E-state index in [0.717, 1.165) is 13.1 Å². The second-order valence-electron chi connectivity index (χ2n) is 4.65. The van der Waals surface area contributed by atoms with Gasteiger partial charge in [0.1, 0.15) is 5.76 Å². The standard InChI is InChI=1S/C13H22N2O/c1-4-15-7-5-11(9-14-3)12(15)13-10(2)6-8-16-13/h6,8,11-12,14H,4-5,7,9H2,1-3H3. The van der Waals surface area contributed by atoms with Crippen LogP contribution >= 0.6 is 0 Å². The Bertz CT molecular complexity index is 334. The van der Waals surface area contributed by atoms with Gasteiger partial charge in [0.15, 0.2) is 0 Å². The van der Waals surface area contributed by atoms with Gasteiger partial charge in [0.05, 0.1) is 12.3 Å². The van der Waals surface area contributed by atoms with Gasteiger partial charge in [0.25, 0.3) is 0 Å². The minimum absolute atomic E-state index is 0.465. The summed E-state index contributed by atoms with van der Waals surface area (Å²) in [7, 11) is 2.03. The average molecular weight is 222 g/mol. The number of aryl methyl sites for hydroxylation is 1. The van der Waals surface area contributed by atoms with E-state index in [2.05, 4.69) is 30.1 Å². The van der Waals surface area contributed by atoms with Crippen molar-refractivity contribution < 1.29 is 4.42 Å². The van der Waals surface area contributed by atoms with Crippen molar-refractivity contribution in [2.75, 3.05) is 26.7 Å². The van der Waals surface area contributed by atoms with E-state index in [1.54, 1.807) is 0 Å². The molecule has 2 unspecified atom stereocenters. The van der Waals surface area contributed by atoms with Gasteiger partial charge in [-0.05, 0) is 57.6 Å². The molecule has 16 heavy (non-hydrogen) atoms. The van der Waals surface area contributed by atoms with Gasteiger partial charge in [-0.25, -0.2) is 0 Å². The first-order valence-electron chi connectivity index (χ1n) is 6.20. The van der Waals surface area contributed by atoms with E-state index < -0.39 is 0 Å². The molecule has 1 aliphatic heterocycles. The maximum absolute atomic E-state index is 5.69. The van der Waals surface area contributed by atoms with Crippen LogP contribution in [-0.2, 0) is 0 Å². The van der Waals surface area contributed by atoms with Crippen molar-refractivity contribution in [3.8, 4) is 0 Å². The van der Waals surface area contributed by atoms with Crippen molar-refractivity contribution in [1.29, 1.82) is 0 Å². The van der Waals surface area contributed by atoms with Crippen LogP contribution in [-0.4, -0.2) is 31.6 Å². The van der Waals surface area contributed by atoms with Crippen LogP contribution in [0.15, 0.2) is 16.7 Å². The molecule has 0 amide bonds. The molecule has 0 spiro atoms. The van der Waals surface area contributed by atoms with Gasteiger partial charge in [-0.1, -0.05) is 6.92 Å². The van der Waals surface area contributed by atoms with Crippen molar-refractivity contribution in [3.05, 3.63) is 23.7 Å². The van der Waals surface area contributed by atoms with E-state index in [1.165, 1.54) is 24.3 Å². The van der Waals surface area contributed by atoms with E-state index in [-0.39, 0.29) is 0 Å². The molecule has 1 aromatic rings. The Balaban J connectivity index is 2.22. The fourth-order valence-corrected chi connectivity index (χ4v) is 2.82. The van der Waals surface area contributed by atoms with Crippen LogP contribution < -0.4 is 5.32 Å². The van der Waals surface area contributed by atoms with Crippen molar-refractivity contribution >= 4 is 0 Å². The number of rotatable bonds is 4. The van der Waals surface area contributed by atoms with Crippen molar-refractivity contribution in [2.45, 2.75) is 26.3 Å². The highest BCUT2D eigenvalue weighted by Crippen LogP contribution is 2.38. The summed E-state index contributed by atoms with van der Waals surface area (Å²) < 4.78 is 5.69. The molecule has 0 aromatic carbocycles. The van der Waals surface area contributed by atoms with Crippen LogP contribution in [0.25, 0.3) is 0 Å². The average Bonchev–Trinajstić information content (AvgIpc) is 2.85. The van der Waals surface area contributed by atoms with Crippen LogP contribution in [0, 0.1) is 12.8 Å². The molecule has 0 aliphatic carbocycles. The summed E-state index contributed by atoms with van der Waals surface area (Å²) in [5, 5.41) is 3.30. The molecular formula is C13H22N2O. The molecule has 2 heterocycles. The molecule has 3 heteroatoms. The van der Waals surface area contributed by atoms with E-state index in [4.69, 9.17) is 4.42 Å². The first-order chi connectivity index (χ1) is 7.77. The molecule has 1 fully saturated rings. The summed E-state index contributed by atoms with van der Waals surface area (Å²) in [6.07, 6.45) is 3.08. The fourth-order valence-electron chi connectivity index (χ4n) is 2.82. The molecule has 1 saturated heterocycles. The van der Waals surface area contributed by atoms with Gasteiger partial charge in [-0.15, -0.1) is 0 Å². The number of hydrogen-bond donors (Lipinski definition) is 1. The molecule has 0 saturated carbocycles. The predicted octanol–water partition coefficient (Wildman–Crippen LogP) is 2.19. The quantitative estimate of drug-likeness (QED) is 0.846. The summed E-state index contributed by atoms with van der Waals surface area (Å²) >= 11 is 0. The third-order valence-electron chi connectivity index (χ3n) is 3.67. The second kappa shape index (κ2) is 5.02. The summed E-state index contributed by atoms with van der Waals surface area (Å²) in [6, 6.07) is 2.53. The van der Waals surface area contributed by atoms with Crippen molar-refractivity contribution in [3.63, 3.8) is 0 Å². The smallest absolute Gasteiger partial charge is 0.124 e. The minimum atomic E-state index is 0.465. The molecule has 3 nitrogen and oxygen atoms in total. The highest BCUT2D eigenvalue weighted by molar-refractivity contribution is 5.20. The van der Waals surface area contributed by atoms with Crippen molar-refractivity contribution in [2.24, 2.45) is 5.92 Å². The number of likely N-dealkylation sites (tertiary alicyclic amines) is 1. The SMILES string of the molecule is CCN1CCC(CNC)C1c1occc1C. The van der Waals surface area contributed by atoms with E-state index in [0.29, 0.717) is 12.0 Å². The number of nitrogens with zero attached hydrogens (tertiary/aromatic N) is 1. The summed E-state index contributed by atoms with van der Waals surface area (Å²) in [4.78, 5) is 2.52. The largest absolute Gasteiger partial charge is 0.467 e. The minimum Gasteiger partial charge on any atom is -0.467 e. The van der Waals surface area contributed by atoms with Gasteiger partial charge in [-0.2, -0.15) is 0 Å². The van der Waals surface area contributed by atoms with Gasteiger partial charge < -0.3 is 9.73 Å². The lowest BCUT2D eigenvalue weighted by Crippen LogP contribution is -2.29. The van der Waals surface area contributed by atoms with Gasteiger partial charge in [0, 0.05) is 0 Å². The maximum atomic E-state index is 5.69. The topological polar surface area (TPSA) is 28.4 Å². The summed E-state index contributed by atoms with van der Waals surface area (Å²) in [5.74, 6) is 1.84. The van der Waals surface area contributed by atoms with Crippen LogP contribution in [0.2, 0.25) is 0 Å². The molecule has 2 rings (SSSR count). The van der Waals surface area contributed by atoms with Gasteiger partial charge in [-0.3, -0.25) is 4.90 Å². The lowest BCUT2D eigenvalue weighted by molar-refractivity contribution is 0.206. The first-order valence-corrected chi connectivity index (χ1v) is 6.20. The van der Waals surface area contributed by atoms with Crippen LogP contribution in [0.3, 0.4) is 0 Å². The molecule has 1 N–H and O–H groups in total. The van der Waals surface area contributed by atoms with Crippen LogP contribution in [0.5, 0.6) is 0 Å². The number of hydrogen-bond acceptors (Lipinski definition) is 3. The first kappa shape index (κ1) is 11.7. The lowest BCUT2D eigenvalue weighted by Gasteiger charge is -2.26. The Morgan fingerprint density at radius 3 is 2.94 bits per heavy atom. The molecule has 1 aromatic heterocycles. The summed E-state index contributed by atoms with van der Waals surface area (Å²) in [5.41, 5.74) is 1.28. The van der Waals surface area contributed by atoms with Gasteiger partial charge in [0.2, 0.25) is 0 Å². The Kier molecular flexibility index (Phi) is 3.66. The van der Waals surface area contributed by atoms with Gasteiger partial charge >= 0.3 is 0 Å². The Morgan fingerprint density at radius 1 is 1.56 bits per heavy atom. The number of nitrogens with one attached hydrogen (secondary N) is 1. The molecule has 0 radical (unpaired) electrons. The second-order valence-corrected chi connectivity index (χ2v) is 4.65. The Hall–Kier alpha value is -0.800. The zero-order valence-corrected chi connectivity index (χ0v) is 10.5. The van der Waals surface area contributed by atoms with E-state index in [1.807, 2.05) is 13.3 Å². The van der Waals surface area contributed by atoms with Crippen LogP contribution in [0.4, 0.5) is 0 Å². The van der Waals surface area contributed by atoms with E-state index >= 15 is 0 Å². The highest BCUT2D eigenvalue weighted by Gasteiger charge is 2.36. The number of furan rings is 1. The lowest BCUT2D eigenvalue weighted by atomic mass is 9.96.